The van der Waals surface area contributed by atoms with Crippen molar-refractivity contribution in [3.63, 3.8) is 0 Å². The fraction of sp³-hybridized carbons (Fsp3) is 0.0667. The molecule has 0 saturated carbocycles. The molecule has 1 aromatic heterocycles. The summed E-state index contributed by atoms with van der Waals surface area (Å²) in [7, 11) is 0. The van der Waals surface area contributed by atoms with Gasteiger partial charge >= 0.3 is 0 Å². The van der Waals surface area contributed by atoms with E-state index in [4.69, 9.17) is 5.73 Å². The van der Waals surface area contributed by atoms with E-state index < -0.39 is 0 Å². The first kappa shape index (κ1) is 10.7. The van der Waals surface area contributed by atoms with E-state index in [2.05, 4.69) is 9.97 Å². The van der Waals surface area contributed by atoms with Gasteiger partial charge in [0.15, 0.2) is 0 Å². The molecule has 0 amide bonds. The Hall–Kier alpha value is -2.42. The number of hydrogen-bond acceptors (Lipinski definition) is 3. The van der Waals surface area contributed by atoms with Crippen LogP contribution in [0.2, 0.25) is 0 Å². The largest absolute Gasteiger partial charge is 0.399 e. The summed E-state index contributed by atoms with van der Waals surface area (Å²) in [5.74, 6) is 0. The van der Waals surface area contributed by atoms with Crippen LogP contribution < -0.4 is 5.73 Å². The second-order valence-corrected chi connectivity index (χ2v) is 4.27. The summed E-state index contributed by atoms with van der Waals surface area (Å²) in [6, 6.07) is 15.7. The summed E-state index contributed by atoms with van der Waals surface area (Å²) in [5.41, 5.74) is 11.1. The number of nitrogens with zero attached hydrogens (tertiary/aromatic N) is 2. The average molecular weight is 235 g/mol. The first-order valence-corrected chi connectivity index (χ1v) is 5.83. The molecule has 0 aliphatic heterocycles. The minimum absolute atomic E-state index is 0.708. The van der Waals surface area contributed by atoms with Gasteiger partial charge in [0.2, 0.25) is 0 Å². The number of hydrogen-bond donors (Lipinski definition) is 1. The van der Waals surface area contributed by atoms with E-state index in [0.717, 1.165) is 28.0 Å². The maximum absolute atomic E-state index is 5.78. The van der Waals surface area contributed by atoms with Crippen LogP contribution in [0.25, 0.3) is 22.3 Å². The number of nitrogens with two attached hydrogens (primary N) is 1. The Kier molecular flexibility index (Phi) is 2.45. The molecule has 0 aliphatic rings. The van der Waals surface area contributed by atoms with Crippen LogP contribution in [0.3, 0.4) is 0 Å². The summed E-state index contributed by atoms with van der Waals surface area (Å²) in [6.45, 7) is 1.98. The van der Waals surface area contributed by atoms with Gasteiger partial charge in [-0.3, -0.25) is 0 Å². The third-order valence-electron chi connectivity index (χ3n) is 2.91. The first-order valence-electron chi connectivity index (χ1n) is 5.83. The zero-order valence-electron chi connectivity index (χ0n) is 10.1. The molecule has 88 valence electrons. The Bertz CT molecular complexity index is 706. The number of benzene rings is 2. The predicted octanol–water partition coefficient (Wildman–Crippen LogP) is 3.19. The quantitative estimate of drug-likeness (QED) is 0.659. The molecule has 18 heavy (non-hydrogen) atoms. The van der Waals surface area contributed by atoms with E-state index in [9.17, 15) is 0 Å². The van der Waals surface area contributed by atoms with Gasteiger partial charge in [-0.1, -0.05) is 30.3 Å². The fourth-order valence-corrected chi connectivity index (χ4v) is 2.03. The molecule has 0 fully saturated rings. The van der Waals surface area contributed by atoms with Crippen LogP contribution in [0, 0.1) is 6.92 Å². The van der Waals surface area contributed by atoms with Gasteiger partial charge in [0.05, 0.1) is 22.4 Å². The lowest BCUT2D eigenvalue weighted by Crippen LogP contribution is -1.95. The highest BCUT2D eigenvalue weighted by molar-refractivity contribution is 5.81. The highest BCUT2D eigenvalue weighted by Crippen LogP contribution is 2.23. The fourth-order valence-electron chi connectivity index (χ4n) is 2.03. The van der Waals surface area contributed by atoms with Crippen LogP contribution in [0.5, 0.6) is 0 Å². The van der Waals surface area contributed by atoms with Gasteiger partial charge in [-0.15, -0.1) is 0 Å². The number of aryl methyl sites for hydroxylation is 1. The molecular weight excluding hydrogens is 222 g/mol. The average Bonchev–Trinajstić information content (AvgIpc) is 2.39. The second-order valence-electron chi connectivity index (χ2n) is 4.27. The Morgan fingerprint density at radius 1 is 0.889 bits per heavy atom. The van der Waals surface area contributed by atoms with E-state index >= 15 is 0 Å². The Morgan fingerprint density at radius 3 is 2.44 bits per heavy atom. The lowest BCUT2D eigenvalue weighted by atomic mass is 10.1. The molecule has 3 rings (SSSR count). The Balaban J connectivity index is 2.27. The molecule has 0 saturated heterocycles. The van der Waals surface area contributed by atoms with Crippen molar-refractivity contribution in [2.45, 2.75) is 6.92 Å². The van der Waals surface area contributed by atoms with Crippen molar-refractivity contribution in [3.05, 3.63) is 54.2 Å². The van der Waals surface area contributed by atoms with Gasteiger partial charge in [-0.25, -0.2) is 9.97 Å². The van der Waals surface area contributed by atoms with Gasteiger partial charge in [-0.05, 0) is 25.1 Å². The number of anilines is 1. The monoisotopic (exact) mass is 235 g/mol. The van der Waals surface area contributed by atoms with Crippen LogP contribution >= 0.6 is 0 Å². The normalized spacial score (nSPS) is 10.7. The molecule has 2 aromatic carbocycles. The standard InChI is InChI=1S/C15H13N3/c1-10-15(11-5-3-2-4-6-11)18-14-9-12(16)7-8-13(14)17-10/h2-9H,16H2,1H3. The summed E-state index contributed by atoms with van der Waals surface area (Å²) < 4.78 is 0. The van der Waals surface area contributed by atoms with Crippen LogP contribution in [-0.2, 0) is 0 Å². The minimum Gasteiger partial charge on any atom is -0.399 e. The number of nitrogen functional groups attached to an aromatic ring is 1. The van der Waals surface area contributed by atoms with Gasteiger partial charge in [0.1, 0.15) is 0 Å². The Morgan fingerprint density at radius 2 is 1.67 bits per heavy atom. The summed E-state index contributed by atoms with van der Waals surface area (Å²) in [4.78, 5) is 9.24. The van der Waals surface area contributed by atoms with E-state index in [1.807, 2.05) is 55.5 Å². The lowest BCUT2D eigenvalue weighted by molar-refractivity contribution is 1.19. The van der Waals surface area contributed by atoms with Crippen molar-refractivity contribution in [2.75, 3.05) is 5.73 Å². The molecule has 2 N–H and O–H groups in total. The molecule has 0 aliphatic carbocycles. The molecule has 3 heteroatoms. The lowest BCUT2D eigenvalue weighted by Gasteiger charge is -2.07. The van der Waals surface area contributed by atoms with Gasteiger partial charge < -0.3 is 5.73 Å². The zero-order chi connectivity index (χ0) is 12.5. The molecule has 1 heterocycles. The van der Waals surface area contributed by atoms with Gasteiger partial charge in [0.25, 0.3) is 0 Å². The molecule has 0 unspecified atom stereocenters. The van der Waals surface area contributed by atoms with Gasteiger partial charge in [-0.2, -0.15) is 0 Å². The Labute approximate surface area is 105 Å². The highest BCUT2D eigenvalue weighted by atomic mass is 14.8. The van der Waals surface area contributed by atoms with Crippen molar-refractivity contribution in [3.8, 4) is 11.3 Å². The number of fused-ring (bicyclic) bond motifs is 1. The van der Waals surface area contributed by atoms with E-state index in [1.165, 1.54) is 0 Å². The van der Waals surface area contributed by atoms with Crippen molar-refractivity contribution in [1.82, 2.24) is 9.97 Å². The van der Waals surface area contributed by atoms with Crippen molar-refractivity contribution in [1.29, 1.82) is 0 Å². The van der Waals surface area contributed by atoms with Crippen molar-refractivity contribution in [2.24, 2.45) is 0 Å². The van der Waals surface area contributed by atoms with Gasteiger partial charge in [0, 0.05) is 11.3 Å². The van der Waals surface area contributed by atoms with Crippen molar-refractivity contribution < 1.29 is 0 Å². The predicted molar refractivity (Wildman–Crippen MR) is 74.1 cm³/mol. The number of aromatic nitrogens is 2. The van der Waals surface area contributed by atoms with Crippen molar-refractivity contribution >= 4 is 16.7 Å². The summed E-state index contributed by atoms with van der Waals surface area (Å²) in [6.07, 6.45) is 0. The van der Waals surface area contributed by atoms with E-state index in [1.54, 1.807) is 0 Å². The van der Waals surface area contributed by atoms with Crippen LogP contribution in [0.4, 0.5) is 5.69 Å². The molecule has 0 atom stereocenters. The van der Waals surface area contributed by atoms with Crippen LogP contribution in [0.1, 0.15) is 5.69 Å². The molecule has 3 nitrogen and oxygen atoms in total. The third-order valence-corrected chi connectivity index (χ3v) is 2.91. The SMILES string of the molecule is Cc1nc2ccc(N)cc2nc1-c1ccccc1. The molecule has 0 spiro atoms. The number of rotatable bonds is 1. The van der Waals surface area contributed by atoms with E-state index in [0.29, 0.717) is 5.69 Å². The minimum atomic E-state index is 0.708. The topological polar surface area (TPSA) is 51.8 Å². The molecule has 0 bridgehead atoms. The molecular formula is C15H13N3. The smallest absolute Gasteiger partial charge is 0.0922 e. The van der Waals surface area contributed by atoms with Crippen LogP contribution in [0.15, 0.2) is 48.5 Å². The maximum Gasteiger partial charge on any atom is 0.0922 e. The third kappa shape index (κ3) is 1.80. The zero-order valence-corrected chi connectivity index (χ0v) is 10.1. The van der Waals surface area contributed by atoms with E-state index in [-0.39, 0.29) is 0 Å². The van der Waals surface area contributed by atoms with Crippen LogP contribution in [-0.4, -0.2) is 9.97 Å². The summed E-state index contributed by atoms with van der Waals surface area (Å²) >= 11 is 0. The summed E-state index contributed by atoms with van der Waals surface area (Å²) in [5, 5.41) is 0. The first-order chi connectivity index (χ1) is 8.74. The second kappa shape index (κ2) is 4.11. The molecule has 3 aromatic rings. The highest BCUT2D eigenvalue weighted by Gasteiger charge is 2.07. The maximum atomic E-state index is 5.78. The molecule has 0 radical (unpaired) electrons.